The summed E-state index contributed by atoms with van der Waals surface area (Å²) in [5, 5.41) is -0.209. The standard InChI is InChI=1S/C13H20N2O2S/c1-10-11(5-4-8-13(10)14)9-15-18(16,17)12-6-2-3-7-12/h4-5,8,12,15H,2-3,6-7,9,14H2,1H3. The zero-order valence-electron chi connectivity index (χ0n) is 10.6. The van der Waals surface area contributed by atoms with Crippen molar-refractivity contribution in [3.05, 3.63) is 29.3 Å². The van der Waals surface area contributed by atoms with Crippen LogP contribution in [-0.2, 0) is 16.6 Å². The molecule has 1 aromatic carbocycles. The third kappa shape index (κ3) is 2.84. The van der Waals surface area contributed by atoms with Crippen molar-refractivity contribution in [2.45, 2.75) is 44.4 Å². The zero-order valence-corrected chi connectivity index (χ0v) is 11.5. The molecule has 0 bridgehead atoms. The Balaban J connectivity index is 2.05. The number of nitrogen functional groups attached to an aromatic ring is 1. The highest BCUT2D eigenvalue weighted by atomic mass is 32.2. The van der Waals surface area contributed by atoms with E-state index in [4.69, 9.17) is 5.73 Å². The molecule has 0 aromatic heterocycles. The first kappa shape index (κ1) is 13.4. The van der Waals surface area contributed by atoms with Crippen LogP contribution in [0.3, 0.4) is 0 Å². The molecule has 0 atom stereocenters. The van der Waals surface area contributed by atoms with Gasteiger partial charge in [0.25, 0.3) is 0 Å². The minimum atomic E-state index is -3.18. The van der Waals surface area contributed by atoms with Crippen molar-refractivity contribution in [3.63, 3.8) is 0 Å². The van der Waals surface area contributed by atoms with Gasteiger partial charge < -0.3 is 5.73 Å². The first-order chi connectivity index (χ1) is 8.50. The molecule has 0 aliphatic heterocycles. The van der Waals surface area contributed by atoms with E-state index in [-0.39, 0.29) is 5.25 Å². The molecule has 18 heavy (non-hydrogen) atoms. The maximum absolute atomic E-state index is 12.1. The van der Waals surface area contributed by atoms with Crippen molar-refractivity contribution < 1.29 is 8.42 Å². The first-order valence-electron chi connectivity index (χ1n) is 6.33. The van der Waals surface area contributed by atoms with Gasteiger partial charge in [-0.1, -0.05) is 25.0 Å². The fourth-order valence-electron chi connectivity index (χ4n) is 2.39. The lowest BCUT2D eigenvalue weighted by molar-refractivity contribution is 0.564. The van der Waals surface area contributed by atoms with Gasteiger partial charge in [-0.2, -0.15) is 0 Å². The van der Waals surface area contributed by atoms with E-state index in [9.17, 15) is 8.42 Å². The average Bonchev–Trinajstić information content (AvgIpc) is 2.85. The minimum absolute atomic E-state index is 0.209. The van der Waals surface area contributed by atoms with Crippen LogP contribution in [0.25, 0.3) is 0 Å². The molecule has 4 nitrogen and oxygen atoms in total. The second-order valence-corrected chi connectivity index (χ2v) is 6.95. The molecule has 3 N–H and O–H groups in total. The van der Waals surface area contributed by atoms with Gasteiger partial charge in [0.15, 0.2) is 0 Å². The van der Waals surface area contributed by atoms with Crippen LogP contribution in [0.2, 0.25) is 0 Å². The summed E-state index contributed by atoms with van der Waals surface area (Å²) in [4.78, 5) is 0. The van der Waals surface area contributed by atoms with Crippen molar-refractivity contribution in [1.29, 1.82) is 0 Å². The summed E-state index contributed by atoms with van der Waals surface area (Å²) in [6.45, 7) is 2.24. The lowest BCUT2D eigenvalue weighted by Gasteiger charge is -2.14. The molecule has 0 radical (unpaired) electrons. The molecular weight excluding hydrogens is 248 g/mol. The number of benzene rings is 1. The van der Waals surface area contributed by atoms with Crippen LogP contribution < -0.4 is 10.5 Å². The molecule has 5 heteroatoms. The van der Waals surface area contributed by atoms with E-state index in [1.54, 1.807) is 0 Å². The second kappa shape index (κ2) is 5.28. The zero-order chi connectivity index (χ0) is 13.2. The number of nitrogens with two attached hydrogens (primary N) is 1. The molecule has 0 spiro atoms. The van der Waals surface area contributed by atoms with Crippen LogP contribution in [0.4, 0.5) is 5.69 Å². The van der Waals surface area contributed by atoms with Gasteiger partial charge in [0.1, 0.15) is 0 Å². The Morgan fingerprint density at radius 3 is 2.67 bits per heavy atom. The Labute approximate surface area is 109 Å². The number of sulfonamides is 1. The third-order valence-electron chi connectivity index (χ3n) is 3.69. The number of hydrogen-bond donors (Lipinski definition) is 2. The summed E-state index contributed by atoms with van der Waals surface area (Å²) in [5.74, 6) is 0. The van der Waals surface area contributed by atoms with Gasteiger partial charge in [0.2, 0.25) is 10.0 Å². The van der Waals surface area contributed by atoms with Gasteiger partial charge in [-0.3, -0.25) is 0 Å². The van der Waals surface area contributed by atoms with Gasteiger partial charge in [-0.25, -0.2) is 13.1 Å². The van der Waals surface area contributed by atoms with E-state index in [0.717, 1.165) is 36.8 Å². The van der Waals surface area contributed by atoms with Crippen LogP contribution in [0.15, 0.2) is 18.2 Å². The fraction of sp³-hybridized carbons (Fsp3) is 0.538. The Bertz CT molecular complexity index is 520. The summed E-state index contributed by atoms with van der Waals surface area (Å²) in [7, 11) is -3.18. The van der Waals surface area contributed by atoms with Gasteiger partial charge in [0, 0.05) is 12.2 Å². The highest BCUT2D eigenvalue weighted by molar-refractivity contribution is 7.90. The predicted octanol–water partition coefficient (Wildman–Crippen LogP) is 1.94. The highest BCUT2D eigenvalue weighted by Gasteiger charge is 2.28. The normalized spacial score (nSPS) is 17.2. The van der Waals surface area contributed by atoms with E-state index < -0.39 is 10.0 Å². The van der Waals surface area contributed by atoms with Crippen LogP contribution in [0.5, 0.6) is 0 Å². The monoisotopic (exact) mass is 268 g/mol. The van der Waals surface area contributed by atoms with Crippen molar-refractivity contribution in [2.24, 2.45) is 0 Å². The molecular formula is C13H20N2O2S. The van der Waals surface area contributed by atoms with Crippen LogP contribution >= 0.6 is 0 Å². The molecule has 1 fully saturated rings. The number of hydrogen-bond acceptors (Lipinski definition) is 3. The number of rotatable bonds is 4. The van der Waals surface area contributed by atoms with Crippen molar-refractivity contribution in [3.8, 4) is 0 Å². The van der Waals surface area contributed by atoms with Gasteiger partial charge in [-0.05, 0) is 37.0 Å². The Morgan fingerprint density at radius 1 is 1.33 bits per heavy atom. The lowest BCUT2D eigenvalue weighted by atomic mass is 10.1. The van der Waals surface area contributed by atoms with Crippen LogP contribution in [0.1, 0.15) is 36.8 Å². The number of anilines is 1. The van der Waals surface area contributed by atoms with E-state index in [1.165, 1.54) is 0 Å². The second-order valence-electron chi connectivity index (χ2n) is 4.90. The van der Waals surface area contributed by atoms with Gasteiger partial charge in [-0.15, -0.1) is 0 Å². The van der Waals surface area contributed by atoms with Gasteiger partial charge >= 0.3 is 0 Å². The molecule has 0 unspecified atom stereocenters. The van der Waals surface area contributed by atoms with Gasteiger partial charge in [0.05, 0.1) is 5.25 Å². The first-order valence-corrected chi connectivity index (χ1v) is 7.88. The van der Waals surface area contributed by atoms with Crippen molar-refractivity contribution >= 4 is 15.7 Å². The van der Waals surface area contributed by atoms with E-state index in [2.05, 4.69) is 4.72 Å². The van der Waals surface area contributed by atoms with Crippen LogP contribution in [-0.4, -0.2) is 13.7 Å². The SMILES string of the molecule is Cc1c(N)cccc1CNS(=O)(=O)C1CCCC1. The van der Waals surface area contributed by atoms with E-state index >= 15 is 0 Å². The lowest BCUT2D eigenvalue weighted by Crippen LogP contribution is -2.32. The molecule has 1 aliphatic carbocycles. The number of nitrogens with one attached hydrogen (secondary N) is 1. The summed E-state index contributed by atoms with van der Waals surface area (Å²) >= 11 is 0. The smallest absolute Gasteiger partial charge is 0.214 e. The fourth-order valence-corrected chi connectivity index (χ4v) is 3.94. The molecule has 2 rings (SSSR count). The van der Waals surface area contributed by atoms with Crippen LogP contribution in [0, 0.1) is 6.92 Å². The molecule has 0 heterocycles. The maximum atomic E-state index is 12.1. The van der Waals surface area contributed by atoms with Crippen molar-refractivity contribution in [2.75, 3.05) is 5.73 Å². The molecule has 0 saturated heterocycles. The Kier molecular flexibility index (Phi) is 3.92. The predicted molar refractivity (Wildman–Crippen MR) is 73.6 cm³/mol. The Hall–Kier alpha value is -1.07. The van der Waals surface area contributed by atoms with Crippen molar-refractivity contribution in [1.82, 2.24) is 4.72 Å². The van der Waals surface area contributed by atoms with E-state index in [0.29, 0.717) is 12.2 Å². The minimum Gasteiger partial charge on any atom is -0.399 e. The molecule has 1 saturated carbocycles. The maximum Gasteiger partial charge on any atom is 0.214 e. The largest absolute Gasteiger partial charge is 0.399 e. The Morgan fingerprint density at radius 2 is 2.00 bits per heavy atom. The quantitative estimate of drug-likeness (QED) is 0.820. The molecule has 1 aliphatic rings. The highest BCUT2D eigenvalue weighted by Crippen LogP contribution is 2.24. The summed E-state index contributed by atoms with van der Waals surface area (Å²) in [6.07, 6.45) is 3.60. The summed E-state index contributed by atoms with van der Waals surface area (Å²) in [5.41, 5.74) is 8.40. The molecule has 100 valence electrons. The molecule has 1 aromatic rings. The van der Waals surface area contributed by atoms with E-state index in [1.807, 2.05) is 25.1 Å². The summed E-state index contributed by atoms with van der Waals surface area (Å²) < 4.78 is 26.8. The topological polar surface area (TPSA) is 72.2 Å². The molecule has 0 amide bonds. The third-order valence-corrected chi connectivity index (χ3v) is 5.59. The average molecular weight is 268 g/mol. The summed E-state index contributed by atoms with van der Waals surface area (Å²) in [6, 6.07) is 5.58.